The first-order valence-corrected chi connectivity index (χ1v) is 10.7. The second-order valence-electron chi connectivity index (χ2n) is 6.75. The van der Waals surface area contributed by atoms with Gasteiger partial charge >= 0.3 is 6.03 Å². The van der Waals surface area contributed by atoms with Gasteiger partial charge in [-0.25, -0.2) is 17.6 Å². The van der Waals surface area contributed by atoms with Crippen LogP contribution in [0.5, 0.6) is 0 Å². The van der Waals surface area contributed by atoms with E-state index in [1.54, 1.807) is 4.90 Å². The van der Waals surface area contributed by atoms with E-state index in [-0.39, 0.29) is 35.1 Å². The van der Waals surface area contributed by atoms with Crippen LogP contribution in [0.1, 0.15) is 32.1 Å². The second-order valence-corrected chi connectivity index (χ2v) is 9.10. The maximum Gasteiger partial charge on any atom is 0.317 e. The van der Waals surface area contributed by atoms with Crippen molar-refractivity contribution in [2.75, 3.05) is 26.2 Å². The van der Waals surface area contributed by atoms with Crippen LogP contribution in [-0.2, 0) is 10.0 Å². The number of nitrogens with zero attached hydrogens (tertiary/aromatic N) is 2. The van der Waals surface area contributed by atoms with Crippen molar-refractivity contribution in [3.63, 3.8) is 0 Å². The fraction of sp³-hybridized carbons (Fsp3) is 0.588. The fourth-order valence-electron chi connectivity index (χ4n) is 3.43. The first-order chi connectivity index (χ1) is 12.4. The van der Waals surface area contributed by atoms with Crippen molar-refractivity contribution in [3.8, 4) is 0 Å². The molecule has 9 heteroatoms. The SMILES string of the molecule is O=C(NC1CCCCC1)N1CCN(S(=O)(=O)c2ccc(F)c(Cl)c2)CC1. The van der Waals surface area contributed by atoms with Crippen molar-refractivity contribution in [1.29, 1.82) is 0 Å². The first-order valence-electron chi connectivity index (χ1n) is 8.88. The maximum atomic E-state index is 13.3. The lowest BCUT2D eigenvalue weighted by Crippen LogP contribution is -2.54. The maximum absolute atomic E-state index is 13.3. The number of urea groups is 1. The highest BCUT2D eigenvalue weighted by atomic mass is 35.5. The number of nitrogens with one attached hydrogen (secondary N) is 1. The van der Waals surface area contributed by atoms with Gasteiger partial charge in [-0.2, -0.15) is 4.31 Å². The molecule has 144 valence electrons. The Balaban J connectivity index is 1.58. The molecule has 0 atom stereocenters. The van der Waals surface area contributed by atoms with Crippen LogP contribution in [0.25, 0.3) is 0 Å². The molecule has 1 saturated heterocycles. The predicted molar refractivity (Wildman–Crippen MR) is 97.1 cm³/mol. The van der Waals surface area contributed by atoms with Gasteiger partial charge in [0, 0.05) is 32.2 Å². The largest absolute Gasteiger partial charge is 0.335 e. The minimum atomic E-state index is -3.75. The monoisotopic (exact) mass is 403 g/mol. The van der Waals surface area contributed by atoms with Crippen molar-refractivity contribution in [2.45, 2.75) is 43.0 Å². The molecule has 2 aliphatic rings. The molecule has 2 fully saturated rings. The summed E-state index contributed by atoms with van der Waals surface area (Å²) in [7, 11) is -3.75. The topological polar surface area (TPSA) is 69.7 Å². The van der Waals surface area contributed by atoms with Crippen LogP contribution >= 0.6 is 11.6 Å². The zero-order valence-electron chi connectivity index (χ0n) is 14.5. The predicted octanol–water partition coefficient (Wildman–Crippen LogP) is 2.83. The van der Waals surface area contributed by atoms with Gasteiger partial charge in [0.2, 0.25) is 10.0 Å². The third kappa shape index (κ3) is 4.29. The molecule has 1 N–H and O–H groups in total. The highest BCUT2D eigenvalue weighted by Crippen LogP contribution is 2.23. The number of amides is 2. The van der Waals surface area contributed by atoms with Gasteiger partial charge < -0.3 is 10.2 Å². The fourth-order valence-corrected chi connectivity index (χ4v) is 5.12. The smallest absolute Gasteiger partial charge is 0.317 e. The number of piperazine rings is 1. The van der Waals surface area contributed by atoms with Crippen LogP contribution in [0.3, 0.4) is 0 Å². The van der Waals surface area contributed by atoms with Crippen LogP contribution in [0.15, 0.2) is 23.1 Å². The Labute approximate surface area is 158 Å². The Hall–Kier alpha value is -1.38. The summed E-state index contributed by atoms with van der Waals surface area (Å²) >= 11 is 5.70. The van der Waals surface area contributed by atoms with E-state index in [9.17, 15) is 17.6 Å². The normalized spacial score (nSPS) is 20.2. The number of rotatable bonds is 3. The molecule has 1 aromatic carbocycles. The molecule has 3 rings (SSSR count). The minimum absolute atomic E-state index is 0.0380. The van der Waals surface area contributed by atoms with Gasteiger partial charge in [-0.15, -0.1) is 0 Å². The van der Waals surface area contributed by atoms with Crippen molar-refractivity contribution < 1.29 is 17.6 Å². The number of benzene rings is 1. The molecule has 1 aliphatic heterocycles. The summed E-state index contributed by atoms with van der Waals surface area (Å²) in [6.45, 7) is 1.06. The van der Waals surface area contributed by atoms with E-state index in [1.165, 1.54) is 16.8 Å². The third-order valence-electron chi connectivity index (χ3n) is 4.99. The Bertz CT molecular complexity index is 761. The summed E-state index contributed by atoms with van der Waals surface area (Å²) in [6.07, 6.45) is 5.50. The Kier molecular flexibility index (Phi) is 6.04. The molecule has 0 unspecified atom stereocenters. The molecular formula is C17H23ClFN3O3S. The minimum Gasteiger partial charge on any atom is -0.335 e. The quantitative estimate of drug-likeness (QED) is 0.843. The number of hydrogen-bond donors (Lipinski definition) is 1. The lowest BCUT2D eigenvalue weighted by Gasteiger charge is -2.35. The summed E-state index contributed by atoms with van der Waals surface area (Å²) in [4.78, 5) is 14.0. The van der Waals surface area contributed by atoms with E-state index < -0.39 is 15.8 Å². The van der Waals surface area contributed by atoms with Crippen LogP contribution < -0.4 is 5.32 Å². The molecule has 0 bridgehead atoms. The average molecular weight is 404 g/mol. The molecule has 0 aromatic heterocycles. The molecule has 1 heterocycles. The summed E-state index contributed by atoms with van der Waals surface area (Å²) in [6, 6.07) is 3.47. The zero-order valence-corrected chi connectivity index (χ0v) is 16.0. The molecular weight excluding hydrogens is 381 g/mol. The Morgan fingerprint density at radius 3 is 2.38 bits per heavy atom. The number of halogens is 2. The molecule has 26 heavy (non-hydrogen) atoms. The van der Waals surface area contributed by atoms with Gasteiger partial charge in [-0.05, 0) is 31.0 Å². The number of carbonyl (C=O) groups excluding carboxylic acids is 1. The van der Waals surface area contributed by atoms with Crippen LogP contribution in [0.4, 0.5) is 9.18 Å². The lowest BCUT2D eigenvalue weighted by molar-refractivity contribution is 0.166. The third-order valence-corrected chi connectivity index (χ3v) is 7.17. The highest BCUT2D eigenvalue weighted by Gasteiger charge is 2.31. The Morgan fingerprint density at radius 1 is 1.12 bits per heavy atom. The summed E-state index contributed by atoms with van der Waals surface area (Å²) in [5.74, 6) is -0.658. The van der Waals surface area contributed by atoms with Crippen molar-refractivity contribution in [2.24, 2.45) is 0 Å². The Morgan fingerprint density at radius 2 is 1.77 bits per heavy atom. The summed E-state index contributed by atoms with van der Waals surface area (Å²) in [5.41, 5.74) is 0. The van der Waals surface area contributed by atoms with Gasteiger partial charge in [0.15, 0.2) is 0 Å². The summed E-state index contributed by atoms with van der Waals surface area (Å²) in [5, 5.41) is 2.82. The van der Waals surface area contributed by atoms with Crippen molar-refractivity contribution in [3.05, 3.63) is 29.0 Å². The van der Waals surface area contributed by atoms with Gasteiger partial charge in [0.1, 0.15) is 5.82 Å². The molecule has 1 aromatic rings. The molecule has 1 aliphatic carbocycles. The van der Waals surface area contributed by atoms with E-state index >= 15 is 0 Å². The molecule has 6 nitrogen and oxygen atoms in total. The van der Waals surface area contributed by atoms with Gasteiger partial charge in [-0.1, -0.05) is 30.9 Å². The van der Waals surface area contributed by atoms with Gasteiger partial charge in [0.25, 0.3) is 0 Å². The highest BCUT2D eigenvalue weighted by molar-refractivity contribution is 7.89. The molecule has 0 spiro atoms. The summed E-state index contributed by atoms with van der Waals surface area (Å²) < 4.78 is 39.9. The lowest BCUT2D eigenvalue weighted by atomic mass is 9.96. The standard InChI is InChI=1S/C17H23ClFN3O3S/c18-15-12-14(6-7-16(15)19)26(24,25)22-10-8-21(9-11-22)17(23)20-13-4-2-1-3-5-13/h6-7,12-13H,1-5,8-11H2,(H,20,23). The van der Waals surface area contributed by atoms with Crippen LogP contribution in [-0.4, -0.2) is 55.9 Å². The second kappa shape index (κ2) is 8.10. The van der Waals surface area contributed by atoms with Gasteiger partial charge in [-0.3, -0.25) is 0 Å². The van der Waals surface area contributed by atoms with Crippen molar-refractivity contribution in [1.82, 2.24) is 14.5 Å². The van der Waals surface area contributed by atoms with Gasteiger partial charge in [0.05, 0.1) is 9.92 Å². The number of sulfonamides is 1. The molecule has 2 amide bonds. The number of carbonyl (C=O) groups is 1. The average Bonchev–Trinajstić information content (AvgIpc) is 2.65. The molecule has 1 saturated carbocycles. The zero-order chi connectivity index (χ0) is 18.7. The first kappa shape index (κ1) is 19.4. The van der Waals surface area contributed by atoms with E-state index in [4.69, 9.17) is 11.6 Å². The molecule has 0 radical (unpaired) electrons. The van der Waals surface area contributed by atoms with Crippen LogP contribution in [0.2, 0.25) is 5.02 Å². The van der Waals surface area contributed by atoms with E-state index in [0.717, 1.165) is 37.8 Å². The van der Waals surface area contributed by atoms with Crippen molar-refractivity contribution >= 4 is 27.7 Å². The van der Waals surface area contributed by atoms with E-state index in [2.05, 4.69) is 5.32 Å². The van der Waals surface area contributed by atoms with E-state index in [0.29, 0.717) is 13.1 Å². The number of hydrogen-bond acceptors (Lipinski definition) is 3. The van der Waals surface area contributed by atoms with Crippen LogP contribution in [0, 0.1) is 5.82 Å². The van der Waals surface area contributed by atoms with E-state index in [1.807, 2.05) is 0 Å².